The zero-order valence-electron chi connectivity index (χ0n) is 9.19. The van der Waals surface area contributed by atoms with E-state index in [1.807, 2.05) is 31.4 Å². The van der Waals surface area contributed by atoms with E-state index in [4.69, 9.17) is 5.73 Å². The van der Waals surface area contributed by atoms with Crippen molar-refractivity contribution in [2.24, 2.45) is 11.7 Å². The van der Waals surface area contributed by atoms with Gasteiger partial charge in [0.25, 0.3) is 0 Å². The highest BCUT2D eigenvalue weighted by molar-refractivity contribution is 7.10. The van der Waals surface area contributed by atoms with Crippen molar-refractivity contribution < 1.29 is 4.79 Å². The van der Waals surface area contributed by atoms with Gasteiger partial charge in [0, 0.05) is 10.8 Å². The van der Waals surface area contributed by atoms with Crippen LogP contribution in [0.1, 0.15) is 31.2 Å². The first-order valence-electron chi connectivity index (χ1n) is 5.19. The van der Waals surface area contributed by atoms with Crippen molar-refractivity contribution in [2.75, 3.05) is 6.54 Å². The van der Waals surface area contributed by atoms with Crippen LogP contribution in [-0.2, 0) is 4.79 Å². The third kappa shape index (κ3) is 3.64. The first-order chi connectivity index (χ1) is 7.15. The Hall–Kier alpha value is -0.870. The van der Waals surface area contributed by atoms with Crippen LogP contribution in [0.2, 0.25) is 0 Å². The molecule has 0 aliphatic heterocycles. The van der Waals surface area contributed by atoms with Gasteiger partial charge in [0.1, 0.15) is 0 Å². The number of rotatable bonds is 5. The van der Waals surface area contributed by atoms with Crippen molar-refractivity contribution >= 4 is 17.2 Å². The highest BCUT2D eigenvalue weighted by Gasteiger charge is 2.15. The molecule has 1 rings (SSSR count). The van der Waals surface area contributed by atoms with Gasteiger partial charge in [-0.15, -0.1) is 11.3 Å². The summed E-state index contributed by atoms with van der Waals surface area (Å²) in [5, 5.41) is 5.00. The van der Waals surface area contributed by atoms with E-state index in [2.05, 4.69) is 5.32 Å². The number of hydrogen-bond acceptors (Lipinski definition) is 3. The maximum absolute atomic E-state index is 11.7. The largest absolute Gasteiger partial charge is 0.349 e. The van der Waals surface area contributed by atoms with Gasteiger partial charge < -0.3 is 11.1 Å². The van der Waals surface area contributed by atoms with E-state index in [0.29, 0.717) is 6.54 Å². The van der Waals surface area contributed by atoms with Crippen molar-refractivity contribution in [2.45, 2.75) is 26.3 Å². The molecule has 84 valence electrons. The van der Waals surface area contributed by atoms with Gasteiger partial charge in [-0.2, -0.15) is 0 Å². The smallest absolute Gasteiger partial charge is 0.223 e. The molecular weight excluding hydrogens is 208 g/mol. The van der Waals surface area contributed by atoms with Crippen LogP contribution >= 0.6 is 11.3 Å². The first-order valence-corrected chi connectivity index (χ1v) is 6.07. The summed E-state index contributed by atoms with van der Waals surface area (Å²) in [5.41, 5.74) is 5.41. The van der Waals surface area contributed by atoms with E-state index in [1.54, 1.807) is 11.3 Å². The van der Waals surface area contributed by atoms with Crippen molar-refractivity contribution in [1.82, 2.24) is 5.32 Å². The molecule has 4 heteroatoms. The Labute approximate surface area is 94.7 Å². The van der Waals surface area contributed by atoms with Gasteiger partial charge in [0.05, 0.1) is 6.04 Å². The average molecular weight is 226 g/mol. The van der Waals surface area contributed by atoms with E-state index < -0.39 is 0 Å². The quantitative estimate of drug-likeness (QED) is 0.806. The normalized spacial score (nSPS) is 14.6. The zero-order chi connectivity index (χ0) is 11.3. The third-order valence-electron chi connectivity index (χ3n) is 2.38. The third-order valence-corrected chi connectivity index (χ3v) is 3.43. The summed E-state index contributed by atoms with van der Waals surface area (Å²) < 4.78 is 0. The second kappa shape index (κ2) is 5.88. The van der Waals surface area contributed by atoms with Gasteiger partial charge in [-0.3, -0.25) is 4.79 Å². The number of amides is 1. The highest BCUT2D eigenvalue weighted by atomic mass is 32.1. The lowest BCUT2D eigenvalue weighted by atomic mass is 10.1. The lowest BCUT2D eigenvalue weighted by Crippen LogP contribution is -2.32. The zero-order valence-corrected chi connectivity index (χ0v) is 10.0. The van der Waals surface area contributed by atoms with E-state index in [-0.39, 0.29) is 17.9 Å². The van der Waals surface area contributed by atoms with Gasteiger partial charge in [0.2, 0.25) is 5.91 Å². The van der Waals surface area contributed by atoms with E-state index in [0.717, 1.165) is 6.42 Å². The minimum atomic E-state index is -0.00240. The van der Waals surface area contributed by atoms with Crippen molar-refractivity contribution in [3.05, 3.63) is 22.4 Å². The fraction of sp³-hybridized carbons (Fsp3) is 0.545. The summed E-state index contributed by atoms with van der Waals surface area (Å²) >= 11 is 1.66. The fourth-order valence-corrected chi connectivity index (χ4v) is 2.08. The van der Waals surface area contributed by atoms with E-state index >= 15 is 0 Å². The molecule has 1 amide bonds. The molecule has 0 saturated heterocycles. The molecule has 2 unspecified atom stereocenters. The maximum atomic E-state index is 11.7. The molecule has 3 nitrogen and oxygen atoms in total. The molecule has 0 aliphatic carbocycles. The topological polar surface area (TPSA) is 55.1 Å². The molecule has 3 N–H and O–H groups in total. The lowest BCUT2D eigenvalue weighted by molar-refractivity contribution is -0.125. The molecule has 0 aromatic carbocycles. The standard InChI is InChI=1S/C11H18N2OS/c1-8(5-6-12)11(14)13-9(2)10-4-3-7-15-10/h3-4,7-9H,5-6,12H2,1-2H3,(H,13,14). The van der Waals surface area contributed by atoms with Gasteiger partial charge >= 0.3 is 0 Å². The monoisotopic (exact) mass is 226 g/mol. The van der Waals surface area contributed by atoms with Crippen molar-refractivity contribution in [3.63, 3.8) is 0 Å². The molecule has 0 saturated carbocycles. The number of thiophene rings is 1. The number of hydrogen-bond donors (Lipinski definition) is 2. The Morgan fingerprint density at radius 3 is 2.87 bits per heavy atom. The molecule has 1 heterocycles. The first kappa shape index (κ1) is 12.2. The highest BCUT2D eigenvalue weighted by Crippen LogP contribution is 2.18. The van der Waals surface area contributed by atoms with Crippen LogP contribution in [0.5, 0.6) is 0 Å². The molecule has 1 aromatic heterocycles. The summed E-state index contributed by atoms with van der Waals surface area (Å²) in [6.07, 6.45) is 0.739. The van der Waals surface area contributed by atoms with Crippen LogP contribution < -0.4 is 11.1 Å². The lowest BCUT2D eigenvalue weighted by Gasteiger charge is -2.15. The maximum Gasteiger partial charge on any atom is 0.223 e. The van der Waals surface area contributed by atoms with Crippen LogP contribution in [0.3, 0.4) is 0 Å². The second-order valence-corrected chi connectivity index (χ2v) is 4.70. The molecular formula is C11H18N2OS. The van der Waals surface area contributed by atoms with Gasteiger partial charge in [-0.05, 0) is 31.3 Å². The number of nitrogens with one attached hydrogen (secondary N) is 1. The van der Waals surface area contributed by atoms with Crippen LogP contribution in [0.15, 0.2) is 17.5 Å². The minimum Gasteiger partial charge on any atom is -0.349 e. The Morgan fingerprint density at radius 2 is 2.33 bits per heavy atom. The molecule has 0 fully saturated rings. The van der Waals surface area contributed by atoms with E-state index in [9.17, 15) is 4.79 Å². The summed E-state index contributed by atoms with van der Waals surface area (Å²) in [4.78, 5) is 12.9. The number of carbonyl (C=O) groups excluding carboxylic acids is 1. The summed E-state index contributed by atoms with van der Waals surface area (Å²) in [5.74, 6) is 0.0822. The van der Waals surface area contributed by atoms with Crippen molar-refractivity contribution in [1.29, 1.82) is 0 Å². The summed E-state index contributed by atoms with van der Waals surface area (Å²) in [6.45, 7) is 4.46. The van der Waals surface area contributed by atoms with Crippen LogP contribution in [-0.4, -0.2) is 12.5 Å². The second-order valence-electron chi connectivity index (χ2n) is 3.72. The summed E-state index contributed by atoms with van der Waals surface area (Å²) in [6, 6.07) is 4.12. The van der Waals surface area contributed by atoms with Crippen molar-refractivity contribution in [3.8, 4) is 0 Å². The van der Waals surface area contributed by atoms with E-state index in [1.165, 1.54) is 4.88 Å². The fourth-order valence-electron chi connectivity index (χ4n) is 1.35. The Morgan fingerprint density at radius 1 is 1.60 bits per heavy atom. The molecule has 0 spiro atoms. The Balaban J connectivity index is 2.44. The van der Waals surface area contributed by atoms with Crippen LogP contribution in [0, 0.1) is 5.92 Å². The molecule has 15 heavy (non-hydrogen) atoms. The summed E-state index contributed by atoms with van der Waals surface area (Å²) in [7, 11) is 0. The van der Waals surface area contributed by atoms with Gasteiger partial charge in [-0.25, -0.2) is 0 Å². The molecule has 0 bridgehead atoms. The minimum absolute atomic E-state index is 0.00240. The molecule has 0 radical (unpaired) electrons. The average Bonchev–Trinajstić information content (AvgIpc) is 2.70. The van der Waals surface area contributed by atoms with Crippen LogP contribution in [0.4, 0.5) is 0 Å². The Kier molecular flexibility index (Phi) is 4.78. The predicted molar refractivity (Wildman–Crippen MR) is 63.7 cm³/mol. The Bertz CT molecular complexity index is 298. The number of carbonyl (C=O) groups is 1. The SMILES string of the molecule is CC(CCN)C(=O)NC(C)c1cccs1. The van der Waals surface area contributed by atoms with Gasteiger partial charge in [-0.1, -0.05) is 13.0 Å². The molecule has 1 aromatic rings. The molecule has 0 aliphatic rings. The van der Waals surface area contributed by atoms with Gasteiger partial charge in [0.15, 0.2) is 0 Å². The van der Waals surface area contributed by atoms with Crippen LogP contribution in [0.25, 0.3) is 0 Å². The number of nitrogens with two attached hydrogens (primary N) is 1. The predicted octanol–water partition coefficient (Wildman–Crippen LogP) is 1.91. The molecule has 2 atom stereocenters.